The van der Waals surface area contributed by atoms with E-state index in [4.69, 9.17) is 9.72 Å². The van der Waals surface area contributed by atoms with Crippen molar-refractivity contribution in [3.8, 4) is 0 Å². The van der Waals surface area contributed by atoms with E-state index >= 15 is 0 Å². The highest BCUT2D eigenvalue weighted by Crippen LogP contribution is 2.67. The first-order chi connectivity index (χ1) is 19.4. The van der Waals surface area contributed by atoms with Gasteiger partial charge in [0.05, 0.1) is 31.1 Å². The van der Waals surface area contributed by atoms with Gasteiger partial charge in [-0.15, -0.1) is 0 Å². The lowest BCUT2D eigenvalue weighted by Gasteiger charge is -2.68. The summed E-state index contributed by atoms with van der Waals surface area (Å²) >= 11 is 0. The molecule has 2 amide bonds. The third-order valence-electron chi connectivity index (χ3n) is 10.9. The first-order valence-corrected chi connectivity index (χ1v) is 15.1. The Hall–Kier alpha value is -2.94. The van der Waals surface area contributed by atoms with Gasteiger partial charge < -0.3 is 19.5 Å². The zero-order valence-electron chi connectivity index (χ0n) is 23.6. The quantitative estimate of drug-likeness (QED) is 0.543. The minimum absolute atomic E-state index is 0.106. The Morgan fingerprint density at radius 3 is 2.80 bits per heavy atom. The number of halogens is 1. The van der Waals surface area contributed by atoms with Crippen LogP contribution in [0.4, 0.5) is 9.18 Å². The van der Waals surface area contributed by atoms with E-state index in [-0.39, 0.29) is 29.8 Å². The van der Waals surface area contributed by atoms with Crippen molar-refractivity contribution in [3.63, 3.8) is 0 Å². The van der Waals surface area contributed by atoms with Crippen molar-refractivity contribution in [2.24, 2.45) is 11.3 Å². The number of hydrogen-bond acceptors (Lipinski definition) is 5. The van der Waals surface area contributed by atoms with Gasteiger partial charge in [0.25, 0.3) is 0 Å². The number of rotatable bonds is 7. The molecule has 3 heterocycles. The molecule has 40 heavy (non-hydrogen) atoms. The second kappa shape index (κ2) is 9.86. The largest absolute Gasteiger partial charge is 0.453 e. The Morgan fingerprint density at radius 1 is 1.25 bits per heavy atom. The molecule has 1 aromatic carbocycles. The molecule has 4 fully saturated rings. The highest BCUT2D eigenvalue weighted by molar-refractivity contribution is 5.79. The SMILES string of the molecule is COC(=O)N1CCc2nc(C)n(C3CC4N(CC[C@H](NC(=O)C5CCC5)c5cccc(F)c5)C5CCC54C3)c2C1. The van der Waals surface area contributed by atoms with Crippen LogP contribution in [-0.4, -0.2) is 63.6 Å². The van der Waals surface area contributed by atoms with Crippen molar-refractivity contribution in [2.45, 2.75) is 95.4 Å². The molecule has 3 saturated carbocycles. The van der Waals surface area contributed by atoms with E-state index in [1.54, 1.807) is 17.0 Å². The minimum Gasteiger partial charge on any atom is -0.453 e. The zero-order chi connectivity index (χ0) is 27.6. The number of imidazole rings is 1. The molecule has 1 saturated heterocycles. The van der Waals surface area contributed by atoms with Crippen LogP contribution in [-0.2, 0) is 22.5 Å². The van der Waals surface area contributed by atoms with E-state index in [0.29, 0.717) is 36.6 Å². The summed E-state index contributed by atoms with van der Waals surface area (Å²) in [6, 6.07) is 8.02. The van der Waals surface area contributed by atoms with E-state index in [9.17, 15) is 14.0 Å². The van der Waals surface area contributed by atoms with Gasteiger partial charge in [-0.2, -0.15) is 0 Å². The van der Waals surface area contributed by atoms with Gasteiger partial charge in [-0.05, 0) is 69.6 Å². The van der Waals surface area contributed by atoms with Gasteiger partial charge in [-0.25, -0.2) is 14.2 Å². The summed E-state index contributed by atoms with van der Waals surface area (Å²) in [7, 11) is 1.44. The van der Waals surface area contributed by atoms with Crippen LogP contribution in [0.2, 0.25) is 0 Å². The summed E-state index contributed by atoms with van der Waals surface area (Å²) in [5, 5.41) is 3.27. The van der Waals surface area contributed by atoms with E-state index in [1.807, 2.05) is 6.07 Å². The van der Waals surface area contributed by atoms with Gasteiger partial charge in [-0.1, -0.05) is 18.6 Å². The predicted octanol–water partition coefficient (Wildman–Crippen LogP) is 4.67. The molecule has 1 aromatic heterocycles. The molecule has 4 unspecified atom stereocenters. The van der Waals surface area contributed by atoms with E-state index in [1.165, 1.54) is 31.7 Å². The van der Waals surface area contributed by atoms with Crippen LogP contribution >= 0.6 is 0 Å². The van der Waals surface area contributed by atoms with Gasteiger partial charge in [0, 0.05) is 49.0 Å². The smallest absolute Gasteiger partial charge is 0.409 e. The Balaban J connectivity index is 1.07. The van der Waals surface area contributed by atoms with Crippen molar-refractivity contribution in [1.29, 1.82) is 0 Å². The number of hydrogen-bond donors (Lipinski definition) is 1. The topological polar surface area (TPSA) is 79.7 Å². The third-order valence-corrected chi connectivity index (χ3v) is 10.9. The average molecular weight is 550 g/mol. The molecule has 5 aliphatic rings. The second-order valence-electron chi connectivity index (χ2n) is 12.7. The number of ether oxygens (including phenoxy) is 1. The normalized spacial score (nSPS) is 29.8. The van der Waals surface area contributed by atoms with Gasteiger partial charge in [0.1, 0.15) is 11.6 Å². The predicted molar refractivity (Wildman–Crippen MR) is 147 cm³/mol. The Morgan fingerprint density at radius 2 is 2.10 bits per heavy atom. The van der Waals surface area contributed by atoms with Crippen molar-refractivity contribution in [1.82, 2.24) is 24.7 Å². The van der Waals surface area contributed by atoms with Crippen molar-refractivity contribution >= 4 is 12.0 Å². The van der Waals surface area contributed by atoms with Crippen LogP contribution in [0.3, 0.4) is 0 Å². The number of carbonyl (C=O) groups is 2. The summed E-state index contributed by atoms with van der Waals surface area (Å²) in [6.45, 7) is 4.20. The monoisotopic (exact) mass is 549 g/mol. The second-order valence-corrected chi connectivity index (χ2v) is 12.7. The summed E-state index contributed by atoms with van der Waals surface area (Å²) in [5.74, 6) is 1.01. The molecule has 2 aliphatic heterocycles. The fourth-order valence-electron chi connectivity index (χ4n) is 8.60. The first kappa shape index (κ1) is 26.0. The lowest BCUT2D eigenvalue weighted by molar-refractivity contribution is -0.188. The van der Waals surface area contributed by atoms with Crippen LogP contribution in [0.1, 0.15) is 86.2 Å². The summed E-state index contributed by atoms with van der Waals surface area (Å²) < 4.78 is 21.6. The number of fused-ring (bicyclic) bond motifs is 1. The van der Waals surface area contributed by atoms with E-state index < -0.39 is 0 Å². The van der Waals surface area contributed by atoms with Gasteiger partial charge in [-0.3, -0.25) is 9.69 Å². The molecule has 9 heteroatoms. The summed E-state index contributed by atoms with van der Waals surface area (Å²) in [4.78, 5) is 34.5. The molecule has 3 aliphatic carbocycles. The number of amides is 2. The summed E-state index contributed by atoms with van der Waals surface area (Å²) in [5.41, 5.74) is 3.52. The number of likely N-dealkylation sites (tertiary alicyclic amines) is 1. The molecule has 0 bridgehead atoms. The zero-order valence-corrected chi connectivity index (χ0v) is 23.6. The molecule has 2 aromatic rings. The van der Waals surface area contributed by atoms with Crippen LogP contribution in [0.15, 0.2) is 24.3 Å². The van der Waals surface area contributed by atoms with Crippen molar-refractivity contribution < 1.29 is 18.7 Å². The maximum Gasteiger partial charge on any atom is 0.409 e. The molecule has 0 radical (unpaired) electrons. The molecular weight excluding hydrogens is 509 g/mol. The summed E-state index contributed by atoms with van der Waals surface area (Å²) in [6.07, 6.45) is 9.03. The number of nitrogens with one attached hydrogen (secondary N) is 1. The van der Waals surface area contributed by atoms with Crippen LogP contribution in [0.25, 0.3) is 0 Å². The first-order valence-electron chi connectivity index (χ1n) is 15.1. The molecule has 214 valence electrons. The van der Waals surface area contributed by atoms with Crippen molar-refractivity contribution in [3.05, 3.63) is 52.9 Å². The Labute approximate surface area is 235 Å². The number of aromatic nitrogens is 2. The van der Waals surface area contributed by atoms with Crippen molar-refractivity contribution in [2.75, 3.05) is 20.2 Å². The number of methoxy groups -OCH3 is 1. The number of carbonyl (C=O) groups excluding carboxylic acids is 2. The lowest BCUT2D eigenvalue weighted by Crippen LogP contribution is -2.74. The van der Waals surface area contributed by atoms with Crippen LogP contribution in [0, 0.1) is 24.1 Å². The molecule has 1 N–H and O–H groups in total. The molecule has 8 nitrogen and oxygen atoms in total. The number of piperidine rings is 1. The third kappa shape index (κ3) is 4.06. The van der Waals surface area contributed by atoms with Crippen LogP contribution < -0.4 is 5.32 Å². The Kier molecular flexibility index (Phi) is 6.40. The minimum atomic E-state index is -0.274. The van der Waals surface area contributed by atoms with E-state index in [0.717, 1.165) is 68.6 Å². The standard InChI is InChI=1S/C31H40FN5O3/c1-19-33-25-10-13-35(30(39)40-2)18-26(25)37(19)23-16-28-31(17-23)12-9-27(31)36(28)14-11-24(21-7-4-8-22(32)15-21)34-29(38)20-5-3-6-20/h4,7-8,15,20,23-24,27-28H,3,5-6,9-14,16-18H2,1-2H3,(H,34,38)/t23?,24-,27?,28?,31?/m0/s1. The maximum atomic E-state index is 14.1. The fourth-order valence-corrected chi connectivity index (χ4v) is 8.60. The van der Waals surface area contributed by atoms with Gasteiger partial charge in [0.15, 0.2) is 0 Å². The molecule has 5 atom stereocenters. The molecule has 7 rings (SSSR count). The number of benzene rings is 1. The highest BCUT2D eigenvalue weighted by Gasteiger charge is 2.69. The van der Waals surface area contributed by atoms with E-state index in [2.05, 4.69) is 21.7 Å². The molecular formula is C31H40FN5O3. The number of aryl methyl sites for hydroxylation is 1. The van der Waals surface area contributed by atoms with Gasteiger partial charge in [0.2, 0.25) is 5.91 Å². The molecule has 1 spiro atoms. The van der Waals surface area contributed by atoms with Crippen LogP contribution in [0.5, 0.6) is 0 Å². The lowest BCUT2D eigenvalue weighted by atomic mass is 9.53. The maximum absolute atomic E-state index is 14.1. The number of nitrogens with zero attached hydrogens (tertiary/aromatic N) is 4. The highest BCUT2D eigenvalue weighted by atomic mass is 19.1. The average Bonchev–Trinajstić information content (AvgIpc) is 3.44. The Bertz CT molecular complexity index is 1320. The van der Waals surface area contributed by atoms with Gasteiger partial charge >= 0.3 is 6.09 Å². The fraction of sp³-hybridized carbons (Fsp3) is 0.645.